The minimum atomic E-state index is -1.00. The van der Waals surface area contributed by atoms with Crippen molar-refractivity contribution >= 4 is 17.9 Å². The number of anilines is 1. The molecule has 0 atom stereocenters. The number of rotatable bonds is 5. The van der Waals surface area contributed by atoms with E-state index >= 15 is 0 Å². The lowest BCUT2D eigenvalue weighted by Crippen LogP contribution is -2.49. The van der Waals surface area contributed by atoms with Gasteiger partial charge in [-0.05, 0) is 48.4 Å². The van der Waals surface area contributed by atoms with Crippen molar-refractivity contribution < 1.29 is 19.4 Å². The fraction of sp³-hybridized carbons (Fsp3) is 0.250. The molecule has 1 aliphatic heterocycles. The van der Waals surface area contributed by atoms with Gasteiger partial charge >= 0.3 is 12.1 Å². The molecule has 3 heterocycles. The Bertz CT molecular complexity index is 1090. The van der Waals surface area contributed by atoms with Gasteiger partial charge in [0.1, 0.15) is 11.6 Å². The summed E-state index contributed by atoms with van der Waals surface area (Å²) in [4.78, 5) is 35.8. The van der Waals surface area contributed by atoms with Crippen LogP contribution < -0.4 is 9.64 Å². The van der Waals surface area contributed by atoms with Crippen molar-refractivity contribution in [2.75, 3.05) is 31.1 Å². The summed E-state index contributed by atoms with van der Waals surface area (Å²) in [6, 6.07) is 14.7. The van der Waals surface area contributed by atoms with Gasteiger partial charge in [0, 0.05) is 50.7 Å². The monoisotopic (exact) mass is 432 g/mol. The highest BCUT2D eigenvalue weighted by Gasteiger charge is 2.23. The molecule has 0 saturated carbocycles. The number of benzene rings is 1. The first kappa shape index (κ1) is 21.3. The highest BCUT2D eigenvalue weighted by molar-refractivity contribution is 5.87. The van der Waals surface area contributed by atoms with Gasteiger partial charge in [0.25, 0.3) is 0 Å². The molecule has 0 aliphatic carbocycles. The number of pyridine rings is 2. The van der Waals surface area contributed by atoms with Gasteiger partial charge in [-0.1, -0.05) is 18.2 Å². The maximum absolute atomic E-state index is 12.5. The van der Waals surface area contributed by atoms with Crippen molar-refractivity contribution in [1.82, 2.24) is 14.9 Å². The van der Waals surface area contributed by atoms with Crippen LogP contribution in [0.1, 0.15) is 27.2 Å². The fourth-order valence-corrected chi connectivity index (χ4v) is 3.56. The second-order valence-electron chi connectivity index (χ2n) is 7.64. The van der Waals surface area contributed by atoms with E-state index in [-0.39, 0.29) is 11.7 Å². The Hall–Kier alpha value is -3.94. The molecule has 2 aromatic heterocycles. The van der Waals surface area contributed by atoms with Gasteiger partial charge in [0.15, 0.2) is 0 Å². The third-order valence-corrected chi connectivity index (χ3v) is 5.47. The Morgan fingerprint density at radius 2 is 1.75 bits per heavy atom. The van der Waals surface area contributed by atoms with Crippen LogP contribution in [0.3, 0.4) is 0 Å². The lowest BCUT2D eigenvalue weighted by atomic mass is 10.1. The summed E-state index contributed by atoms with van der Waals surface area (Å²) in [5.74, 6) is 0.197. The number of carbonyl (C=O) groups is 2. The molecule has 0 radical (unpaired) electrons. The molecule has 1 saturated heterocycles. The van der Waals surface area contributed by atoms with Gasteiger partial charge < -0.3 is 19.6 Å². The molecule has 164 valence electrons. The molecule has 0 spiro atoms. The first-order valence-electron chi connectivity index (χ1n) is 10.4. The number of aromatic carboxylic acids is 1. The Kier molecular flexibility index (Phi) is 6.30. The highest BCUT2D eigenvalue weighted by atomic mass is 16.6. The van der Waals surface area contributed by atoms with E-state index in [1.54, 1.807) is 29.3 Å². The molecule has 3 aromatic rings. The lowest BCUT2D eigenvalue weighted by molar-refractivity contribution is 0.0696. The van der Waals surface area contributed by atoms with E-state index in [2.05, 4.69) is 9.97 Å². The van der Waals surface area contributed by atoms with Gasteiger partial charge in [-0.3, -0.25) is 4.98 Å². The van der Waals surface area contributed by atoms with Gasteiger partial charge in [-0.25, -0.2) is 14.6 Å². The third kappa shape index (κ3) is 5.03. The smallest absolute Gasteiger partial charge is 0.415 e. The zero-order valence-corrected chi connectivity index (χ0v) is 17.8. The average Bonchev–Trinajstić information content (AvgIpc) is 2.82. The fourth-order valence-electron chi connectivity index (χ4n) is 3.56. The predicted molar refractivity (Wildman–Crippen MR) is 119 cm³/mol. The number of nitrogens with zero attached hydrogens (tertiary/aromatic N) is 4. The van der Waals surface area contributed by atoms with Crippen LogP contribution in [-0.4, -0.2) is 58.2 Å². The predicted octanol–water partition coefficient (Wildman–Crippen LogP) is 3.40. The number of carbonyl (C=O) groups excluding carboxylic acids is 1. The quantitative estimate of drug-likeness (QED) is 0.660. The number of hydrogen-bond donors (Lipinski definition) is 1. The maximum Gasteiger partial charge on any atom is 0.415 e. The zero-order valence-electron chi connectivity index (χ0n) is 17.8. The first-order chi connectivity index (χ1) is 15.5. The van der Waals surface area contributed by atoms with Crippen LogP contribution in [0.15, 0.2) is 60.9 Å². The summed E-state index contributed by atoms with van der Waals surface area (Å²) < 4.78 is 5.54. The number of hydrogen-bond acceptors (Lipinski definition) is 6. The Balaban J connectivity index is 1.29. The number of amides is 1. The number of piperazine rings is 1. The van der Waals surface area contributed by atoms with E-state index in [1.807, 2.05) is 36.1 Å². The zero-order chi connectivity index (χ0) is 22.5. The molecule has 1 aromatic carbocycles. The molecule has 1 amide bonds. The molecular weight excluding hydrogens is 408 g/mol. The van der Waals surface area contributed by atoms with Crippen LogP contribution in [0.4, 0.5) is 10.6 Å². The SMILES string of the molecule is Cc1cccnc1Cc1ccc(OC(=O)N2CCN(c3ccc(C(=O)O)cn3)CC2)cc1. The second kappa shape index (κ2) is 9.47. The van der Waals surface area contributed by atoms with Crippen molar-refractivity contribution in [1.29, 1.82) is 0 Å². The minimum absolute atomic E-state index is 0.150. The van der Waals surface area contributed by atoms with Crippen LogP contribution in [-0.2, 0) is 6.42 Å². The number of aromatic nitrogens is 2. The Morgan fingerprint density at radius 3 is 2.38 bits per heavy atom. The molecule has 1 aliphatic rings. The molecule has 0 bridgehead atoms. The van der Waals surface area contributed by atoms with Gasteiger partial charge in [0.05, 0.1) is 5.56 Å². The summed E-state index contributed by atoms with van der Waals surface area (Å²) in [5.41, 5.74) is 3.43. The Labute approximate surface area is 186 Å². The summed E-state index contributed by atoms with van der Waals surface area (Å²) in [6.45, 7) is 4.23. The minimum Gasteiger partial charge on any atom is -0.478 e. The van der Waals surface area contributed by atoms with Crippen LogP contribution >= 0.6 is 0 Å². The van der Waals surface area contributed by atoms with Gasteiger partial charge in [-0.15, -0.1) is 0 Å². The van der Waals surface area contributed by atoms with Crippen LogP contribution in [0, 0.1) is 6.92 Å². The van der Waals surface area contributed by atoms with E-state index < -0.39 is 5.97 Å². The molecule has 32 heavy (non-hydrogen) atoms. The van der Waals surface area contributed by atoms with E-state index in [1.165, 1.54) is 12.3 Å². The first-order valence-corrected chi connectivity index (χ1v) is 10.4. The lowest BCUT2D eigenvalue weighted by Gasteiger charge is -2.34. The van der Waals surface area contributed by atoms with Crippen LogP contribution in [0.2, 0.25) is 0 Å². The summed E-state index contributed by atoms with van der Waals surface area (Å²) in [6.07, 6.45) is 3.48. The average molecular weight is 432 g/mol. The van der Waals surface area contributed by atoms with Crippen molar-refractivity contribution in [2.24, 2.45) is 0 Å². The molecule has 1 fully saturated rings. The molecule has 8 nitrogen and oxygen atoms in total. The normalized spacial score (nSPS) is 13.7. The summed E-state index contributed by atoms with van der Waals surface area (Å²) in [7, 11) is 0. The van der Waals surface area contributed by atoms with E-state index in [9.17, 15) is 9.59 Å². The second-order valence-corrected chi connectivity index (χ2v) is 7.64. The topological polar surface area (TPSA) is 95.9 Å². The number of ether oxygens (including phenoxy) is 1. The molecular formula is C24H24N4O4. The largest absolute Gasteiger partial charge is 0.478 e. The van der Waals surface area contributed by atoms with Crippen molar-refractivity contribution in [3.05, 3.63) is 83.3 Å². The van der Waals surface area contributed by atoms with Crippen LogP contribution in [0.25, 0.3) is 0 Å². The number of carboxylic acid groups (broad SMARTS) is 1. The van der Waals surface area contributed by atoms with Crippen molar-refractivity contribution in [2.45, 2.75) is 13.3 Å². The van der Waals surface area contributed by atoms with Gasteiger partial charge in [-0.2, -0.15) is 0 Å². The summed E-state index contributed by atoms with van der Waals surface area (Å²) in [5, 5.41) is 8.98. The van der Waals surface area contributed by atoms with E-state index in [0.29, 0.717) is 37.7 Å². The standard InChI is InChI=1S/C24H24N4O4/c1-17-3-2-10-25-21(17)15-18-4-7-20(8-5-18)32-24(31)28-13-11-27(12-14-28)22-9-6-19(16-26-22)23(29)30/h2-10,16H,11-15H2,1H3,(H,29,30). The molecule has 1 N–H and O–H groups in total. The molecule has 8 heteroatoms. The van der Waals surface area contributed by atoms with Crippen molar-refractivity contribution in [3.8, 4) is 5.75 Å². The van der Waals surface area contributed by atoms with E-state index in [4.69, 9.17) is 9.84 Å². The third-order valence-electron chi connectivity index (χ3n) is 5.47. The molecule has 0 unspecified atom stereocenters. The van der Waals surface area contributed by atoms with Gasteiger partial charge in [0.2, 0.25) is 0 Å². The highest BCUT2D eigenvalue weighted by Crippen LogP contribution is 2.18. The van der Waals surface area contributed by atoms with Crippen LogP contribution in [0.5, 0.6) is 5.75 Å². The summed E-state index contributed by atoms with van der Waals surface area (Å²) >= 11 is 0. The van der Waals surface area contributed by atoms with E-state index in [0.717, 1.165) is 23.2 Å². The van der Waals surface area contributed by atoms with Crippen molar-refractivity contribution in [3.63, 3.8) is 0 Å². The number of carboxylic acids is 1. The maximum atomic E-state index is 12.5. The number of aryl methyl sites for hydroxylation is 1. The Morgan fingerprint density at radius 1 is 1.00 bits per heavy atom. The molecule has 4 rings (SSSR count).